The molecule has 0 saturated carbocycles. The maximum atomic E-state index is 5.76. The Hall–Kier alpha value is -1.26. The van der Waals surface area contributed by atoms with Gasteiger partial charge in [-0.2, -0.15) is 0 Å². The van der Waals surface area contributed by atoms with Crippen LogP contribution in [0.25, 0.3) is 0 Å². The highest BCUT2D eigenvalue weighted by molar-refractivity contribution is 5.41. The number of ether oxygens (including phenoxy) is 1. The Balaban J connectivity index is 1.69. The number of nitrogen functional groups attached to an aromatic ring is 1. The zero-order valence-corrected chi connectivity index (χ0v) is 12.7. The number of benzene rings is 1. The van der Waals surface area contributed by atoms with Crippen LogP contribution in [0.1, 0.15) is 20.3 Å². The number of rotatable bonds is 7. The molecule has 1 unspecified atom stereocenters. The molecule has 1 aromatic carbocycles. The van der Waals surface area contributed by atoms with Crippen molar-refractivity contribution in [1.29, 1.82) is 0 Å². The van der Waals surface area contributed by atoms with Gasteiger partial charge in [-0.1, -0.05) is 13.8 Å². The molecule has 20 heavy (non-hydrogen) atoms. The Morgan fingerprint density at radius 1 is 1.25 bits per heavy atom. The fourth-order valence-corrected chi connectivity index (χ4v) is 2.91. The van der Waals surface area contributed by atoms with Crippen LogP contribution in [-0.2, 0) is 0 Å². The Morgan fingerprint density at radius 3 is 2.60 bits per heavy atom. The normalized spacial score (nSPS) is 19.6. The molecular weight excluding hydrogens is 250 g/mol. The molecule has 2 rings (SSSR count). The predicted molar refractivity (Wildman–Crippen MR) is 84.1 cm³/mol. The molecule has 0 amide bonds. The van der Waals surface area contributed by atoms with Gasteiger partial charge in [0, 0.05) is 24.8 Å². The zero-order valence-electron chi connectivity index (χ0n) is 12.7. The van der Waals surface area contributed by atoms with E-state index in [1.807, 2.05) is 24.3 Å². The van der Waals surface area contributed by atoms with Gasteiger partial charge in [0.1, 0.15) is 12.4 Å². The van der Waals surface area contributed by atoms with Gasteiger partial charge in [-0.25, -0.2) is 0 Å². The van der Waals surface area contributed by atoms with Crippen molar-refractivity contribution < 1.29 is 4.74 Å². The summed E-state index contributed by atoms with van der Waals surface area (Å²) in [4.78, 5) is 5.06. The molecule has 1 heterocycles. The van der Waals surface area contributed by atoms with Gasteiger partial charge in [0.25, 0.3) is 0 Å². The summed E-state index contributed by atoms with van der Waals surface area (Å²) in [6.45, 7) is 10.9. The summed E-state index contributed by atoms with van der Waals surface area (Å²) < 4.78 is 5.76. The van der Waals surface area contributed by atoms with Crippen molar-refractivity contribution in [2.75, 3.05) is 45.1 Å². The largest absolute Gasteiger partial charge is 0.492 e. The number of hydrogen-bond acceptors (Lipinski definition) is 4. The van der Waals surface area contributed by atoms with Crippen LogP contribution >= 0.6 is 0 Å². The van der Waals surface area contributed by atoms with E-state index < -0.39 is 0 Å². The first kappa shape index (κ1) is 15.1. The lowest BCUT2D eigenvalue weighted by Gasteiger charge is -2.26. The molecule has 4 heteroatoms. The second-order valence-electron chi connectivity index (χ2n) is 5.38. The SMILES string of the molecule is CCN(CC)C1CCN(CCOc2ccc(N)cc2)C1. The van der Waals surface area contributed by atoms with Gasteiger partial charge in [-0.05, 0) is 50.3 Å². The smallest absolute Gasteiger partial charge is 0.119 e. The lowest BCUT2D eigenvalue weighted by atomic mass is 10.2. The van der Waals surface area contributed by atoms with E-state index in [1.165, 1.54) is 19.5 Å². The Morgan fingerprint density at radius 2 is 1.95 bits per heavy atom. The highest BCUT2D eigenvalue weighted by atomic mass is 16.5. The van der Waals surface area contributed by atoms with E-state index in [0.717, 1.165) is 43.7 Å². The number of hydrogen-bond donors (Lipinski definition) is 1. The fourth-order valence-electron chi connectivity index (χ4n) is 2.91. The van der Waals surface area contributed by atoms with E-state index in [-0.39, 0.29) is 0 Å². The van der Waals surface area contributed by atoms with E-state index in [0.29, 0.717) is 0 Å². The molecule has 1 fully saturated rings. The quantitative estimate of drug-likeness (QED) is 0.775. The minimum Gasteiger partial charge on any atom is -0.492 e. The van der Waals surface area contributed by atoms with Gasteiger partial charge in [-0.15, -0.1) is 0 Å². The molecule has 0 radical (unpaired) electrons. The molecule has 1 saturated heterocycles. The molecule has 0 aliphatic carbocycles. The Bertz CT molecular complexity index is 389. The van der Waals surface area contributed by atoms with Gasteiger partial charge in [-0.3, -0.25) is 9.80 Å². The third kappa shape index (κ3) is 4.12. The summed E-state index contributed by atoms with van der Waals surface area (Å²) in [7, 11) is 0. The predicted octanol–water partition coefficient (Wildman–Crippen LogP) is 2.06. The lowest BCUT2D eigenvalue weighted by Crippen LogP contribution is -2.37. The van der Waals surface area contributed by atoms with Gasteiger partial charge in [0.2, 0.25) is 0 Å². The van der Waals surface area contributed by atoms with Crippen molar-refractivity contribution in [2.45, 2.75) is 26.3 Å². The average Bonchev–Trinajstić information content (AvgIpc) is 2.91. The molecular formula is C16H27N3O. The van der Waals surface area contributed by atoms with E-state index in [1.54, 1.807) is 0 Å². The summed E-state index contributed by atoms with van der Waals surface area (Å²) in [5.74, 6) is 0.902. The van der Waals surface area contributed by atoms with Crippen LogP contribution in [0, 0.1) is 0 Å². The lowest BCUT2D eigenvalue weighted by molar-refractivity contribution is 0.195. The molecule has 1 aliphatic heterocycles. The van der Waals surface area contributed by atoms with Gasteiger partial charge < -0.3 is 10.5 Å². The van der Waals surface area contributed by atoms with Crippen molar-refractivity contribution in [3.05, 3.63) is 24.3 Å². The molecule has 0 aromatic heterocycles. The molecule has 112 valence electrons. The van der Waals surface area contributed by atoms with Crippen LogP contribution < -0.4 is 10.5 Å². The van der Waals surface area contributed by atoms with Crippen LogP contribution in [0.4, 0.5) is 5.69 Å². The van der Waals surface area contributed by atoms with Crippen molar-refractivity contribution in [3.8, 4) is 5.75 Å². The number of likely N-dealkylation sites (tertiary alicyclic amines) is 1. The second-order valence-corrected chi connectivity index (χ2v) is 5.38. The van der Waals surface area contributed by atoms with Crippen molar-refractivity contribution >= 4 is 5.69 Å². The topological polar surface area (TPSA) is 41.7 Å². The van der Waals surface area contributed by atoms with Crippen molar-refractivity contribution in [2.24, 2.45) is 0 Å². The van der Waals surface area contributed by atoms with Gasteiger partial charge in [0.15, 0.2) is 0 Å². The van der Waals surface area contributed by atoms with Crippen LogP contribution in [-0.4, -0.2) is 55.2 Å². The summed E-state index contributed by atoms with van der Waals surface area (Å²) >= 11 is 0. The fraction of sp³-hybridized carbons (Fsp3) is 0.625. The zero-order chi connectivity index (χ0) is 14.4. The number of likely N-dealkylation sites (N-methyl/N-ethyl adjacent to an activating group) is 1. The monoisotopic (exact) mass is 277 g/mol. The van der Waals surface area contributed by atoms with Crippen molar-refractivity contribution in [3.63, 3.8) is 0 Å². The molecule has 1 aromatic rings. The van der Waals surface area contributed by atoms with Crippen LogP contribution in [0.2, 0.25) is 0 Å². The Kier molecular flexibility index (Phi) is 5.68. The van der Waals surface area contributed by atoms with Crippen molar-refractivity contribution in [1.82, 2.24) is 9.80 Å². The molecule has 4 nitrogen and oxygen atoms in total. The number of nitrogens with two attached hydrogens (primary N) is 1. The maximum absolute atomic E-state index is 5.76. The number of anilines is 1. The summed E-state index contributed by atoms with van der Waals surface area (Å²) in [5.41, 5.74) is 6.43. The highest BCUT2D eigenvalue weighted by Gasteiger charge is 2.25. The Labute approximate surface area is 122 Å². The van der Waals surface area contributed by atoms with E-state index in [9.17, 15) is 0 Å². The first-order valence-corrected chi connectivity index (χ1v) is 7.67. The van der Waals surface area contributed by atoms with Gasteiger partial charge >= 0.3 is 0 Å². The van der Waals surface area contributed by atoms with E-state index in [2.05, 4.69) is 23.6 Å². The molecule has 1 aliphatic rings. The van der Waals surface area contributed by atoms with Crippen LogP contribution in [0.15, 0.2) is 24.3 Å². The minimum atomic E-state index is 0.724. The van der Waals surface area contributed by atoms with Crippen LogP contribution in [0.5, 0.6) is 5.75 Å². The first-order valence-electron chi connectivity index (χ1n) is 7.67. The van der Waals surface area contributed by atoms with E-state index in [4.69, 9.17) is 10.5 Å². The molecule has 0 bridgehead atoms. The second kappa shape index (κ2) is 7.50. The van der Waals surface area contributed by atoms with Crippen LogP contribution in [0.3, 0.4) is 0 Å². The third-order valence-electron chi connectivity index (χ3n) is 4.13. The first-order chi connectivity index (χ1) is 9.72. The summed E-state index contributed by atoms with van der Waals surface area (Å²) in [6, 6.07) is 8.33. The molecule has 0 spiro atoms. The highest BCUT2D eigenvalue weighted by Crippen LogP contribution is 2.16. The standard InChI is InChI=1S/C16H27N3O/c1-3-19(4-2)15-9-10-18(13-15)11-12-20-16-7-5-14(17)6-8-16/h5-8,15H,3-4,9-13,17H2,1-2H3. The minimum absolute atomic E-state index is 0.724. The summed E-state index contributed by atoms with van der Waals surface area (Å²) in [5, 5.41) is 0. The third-order valence-corrected chi connectivity index (χ3v) is 4.13. The summed E-state index contributed by atoms with van der Waals surface area (Å²) in [6.07, 6.45) is 1.28. The number of nitrogens with zero attached hydrogens (tertiary/aromatic N) is 2. The van der Waals surface area contributed by atoms with Gasteiger partial charge in [0.05, 0.1) is 0 Å². The molecule has 1 atom stereocenters. The maximum Gasteiger partial charge on any atom is 0.119 e. The van der Waals surface area contributed by atoms with E-state index >= 15 is 0 Å². The average molecular weight is 277 g/mol. The molecule has 2 N–H and O–H groups in total.